The third kappa shape index (κ3) is 4.61. The van der Waals surface area contributed by atoms with Crippen LogP contribution in [0.3, 0.4) is 0 Å². The topological polar surface area (TPSA) is 81.5 Å². The number of thioether (sulfide) groups is 1. The van der Waals surface area contributed by atoms with Crippen molar-refractivity contribution in [1.29, 1.82) is 0 Å². The third-order valence-electron chi connectivity index (χ3n) is 2.86. The number of ether oxygens (including phenoxy) is 1. The van der Waals surface area contributed by atoms with Crippen LogP contribution in [0.5, 0.6) is 5.75 Å². The van der Waals surface area contributed by atoms with Gasteiger partial charge in [0.1, 0.15) is 11.4 Å². The number of carbonyl (C=O) groups is 1. The van der Waals surface area contributed by atoms with Crippen LogP contribution in [0.4, 0.5) is 11.4 Å². The molecule has 2 aromatic carbocycles. The van der Waals surface area contributed by atoms with E-state index >= 15 is 0 Å². The maximum Gasteiger partial charge on any atom is 0.294 e. The Morgan fingerprint density at radius 3 is 2.78 bits per heavy atom. The van der Waals surface area contributed by atoms with Gasteiger partial charge in [0, 0.05) is 16.0 Å². The number of amides is 1. The number of methoxy groups -OCH3 is 1. The average molecular weight is 353 g/mol. The van der Waals surface area contributed by atoms with E-state index < -0.39 is 4.92 Å². The Labute approximate surface area is 141 Å². The van der Waals surface area contributed by atoms with E-state index in [0.29, 0.717) is 5.75 Å². The second-order valence-electron chi connectivity index (χ2n) is 4.41. The van der Waals surface area contributed by atoms with E-state index in [4.69, 9.17) is 16.3 Å². The first kappa shape index (κ1) is 17.1. The second kappa shape index (κ2) is 7.85. The number of halogens is 1. The molecule has 0 radical (unpaired) electrons. The van der Waals surface area contributed by atoms with Crippen molar-refractivity contribution in [1.82, 2.24) is 0 Å². The molecular formula is C15H13ClN2O4S. The molecule has 0 spiro atoms. The van der Waals surface area contributed by atoms with Crippen molar-refractivity contribution < 1.29 is 14.5 Å². The highest BCUT2D eigenvalue weighted by molar-refractivity contribution is 8.00. The zero-order chi connectivity index (χ0) is 16.8. The van der Waals surface area contributed by atoms with Crippen LogP contribution in [0.2, 0.25) is 5.02 Å². The van der Waals surface area contributed by atoms with E-state index in [1.807, 2.05) is 18.2 Å². The van der Waals surface area contributed by atoms with Crippen molar-refractivity contribution in [3.05, 3.63) is 57.6 Å². The highest BCUT2D eigenvalue weighted by Gasteiger charge is 2.16. The van der Waals surface area contributed by atoms with Gasteiger partial charge in [0.2, 0.25) is 5.91 Å². The van der Waals surface area contributed by atoms with Gasteiger partial charge in [-0.3, -0.25) is 14.9 Å². The molecule has 2 aromatic rings. The summed E-state index contributed by atoms with van der Waals surface area (Å²) in [4.78, 5) is 23.2. The van der Waals surface area contributed by atoms with Crippen molar-refractivity contribution in [3.63, 3.8) is 0 Å². The molecule has 120 valence electrons. The number of hydrogen-bond donors (Lipinski definition) is 1. The fourth-order valence-corrected chi connectivity index (χ4v) is 2.82. The molecule has 0 heterocycles. The van der Waals surface area contributed by atoms with Crippen molar-refractivity contribution >= 4 is 40.6 Å². The van der Waals surface area contributed by atoms with Gasteiger partial charge >= 0.3 is 0 Å². The maximum atomic E-state index is 12.0. The minimum absolute atomic E-state index is 0.0974. The Hall–Kier alpha value is -2.25. The first-order valence-electron chi connectivity index (χ1n) is 6.51. The van der Waals surface area contributed by atoms with Crippen LogP contribution < -0.4 is 10.1 Å². The minimum atomic E-state index is -0.588. The molecule has 0 unspecified atom stereocenters. The van der Waals surface area contributed by atoms with E-state index in [0.717, 1.165) is 4.90 Å². The van der Waals surface area contributed by atoms with Crippen LogP contribution in [0.25, 0.3) is 0 Å². The van der Waals surface area contributed by atoms with Gasteiger partial charge in [-0.1, -0.05) is 23.7 Å². The molecule has 2 rings (SSSR count). The fraction of sp³-hybridized carbons (Fsp3) is 0.133. The molecule has 1 amide bonds. The molecular weight excluding hydrogens is 340 g/mol. The van der Waals surface area contributed by atoms with Gasteiger partial charge in [0.25, 0.3) is 5.69 Å². The molecule has 0 fully saturated rings. The number of anilines is 1. The number of nitrogens with one attached hydrogen (secondary N) is 1. The molecule has 0 bridgehead atoms. The quantitative estimate of drug-likeness (QED) is 0.483. The number of hydrogen-bond acceptors (Lipinski definition) is 5. The summed E-state index contributed by atoms with van der Waals surface area (Å²) < 4.78 is 5.20. The van der Waals surface area contributed by atoms with Gasteiger partial charge in [-0.25, -0.2) is 0 Å². The zero-order valence-corrected chi connectivity index (χ0v) is 13.7. The largest absolute Gasteiger partial charge is 0.496 e. The Bertz CT molecular complexity index is 739. The SMILES string of the molecule is COc1ccccc1SCC(=O)Nc1ccc(Cl)cc1[N+](=O)[O-]. The summed E-state index contributed by atoms with van der Waals surface area (Å²) in [5.74, 6) is 0.411. The van der Waals surface area contributed by atoms with Gasteiger partial charge in [-0.05, 0) is 24.3 Å². The Morgan fingerprint density at radius 2 is 2.09 bits per heavy atom. The molecule has 23 heavy (non-hydrogen) atoms. The van der Waals surface area contributed by atoms with E-state index in [1.54, 1.807) is 13.2 Å². The number of nitrogens with zero attached hydrogens (tertiary/aromatic N) is 1. The molecule has 0 aliphatic rings. The molecule has 0 atom stereocenters. The summed E-state index contributed by atoms with van der Waals surface area (Å²) in [7, 11) is 1.55. The first-order valence-corrected chi connectivity index (χ1v) is 7.87. The van der Waals surface area contributed by atoms with Gasteiger partial charge in [-0.2, -0.15) is 0 Å². The summed E-state index contributed by atoms with van der Waals surface area (Å²) in [6, 6.07) is 11.4. The number of carbonyl (C=O) groups excluding carboxylic acids is 1. The molecule has 8 heteroatoms. The number of para-hydroxylation sites is 1. The molecule has 0 saturated heterocycles. The van der Waals surface area contributed by atoms with Gasteiger partial charge < -0.3 is 10.1 Å². The summed E-state index contributed by atoms with van der Waals surface area (Å²) in [5, 5.41) is 13.8. The average Bonchev–Trinajstić information content (AvgIpc) is 2.54. The first-order chi connectivity index (χ1) is 11.0. The van der Waals surface area contributed by atoms with E-state index in [-0.39, 0.29) is 28.1 Å². The van der Waals surface area contributed by atoms with Crippen LogP contribution in [-0.4, -0.2) is 23.7 Å². The van der Waals surface area contributed by atoms with Crippen LogP contribution in [-0.2, 0) is 4.79 Å². The lowest BCUT2D eigenvalue weighted by molar-refractivity contribution is -0.383. The molecule has 6 nitrogen and oxygen atoms in total. The summed E-state index contributed by atoms with van der Waals surface area (Å²) in [6.07, 6.45) is 0. The molecule has 0 aromatic heterocycles. The predicted octanol–water partition coefficient (Wildman–Crippen LogP) is 3.99. The smallest absolute Gasteiger partial charge is 0.294 e. The summed E-state index contributed by atoms with van der Waals surface area (Å²) in [5.41, 5.74) is -0.127. The lowest BCUT2D eigenvalue weighted by atomic mass is 10.2. The predicted molar refractivity (Wildman–Crippen MR) is 90.5 cm³/mol. The number of benzene rings is 2. The third-order valence-corrected chi connectivity index (χ3v) is 4.15. The standard InChI is InChI=1S/C15H13ClN2O4S/c1-22-13-4-2-3-5-14(13)23-9-15(19)17-11-7-6-10(16)8-12(11)18(20)21/h2-8H,9H2,1H3,(H,17,19). The van der Waals surface area contributed by atoms with E-state index in [1.165, 1.54) is 30.0 Å². The van der Waals surface area contributed by atoms with Gasteiger partial charge in [0.05, 0.1) is 17.8 Å². The second-order valence-corrected chi connectivity index (χ2v) is 5.86. The monoisotopic (exact) mass is 352 g/mol. The molecule has 0 aliphatic heterocycles. The lowest BCUT2D eigenvalue weighted by Crippen LogP contribution is -2.15. The molecule has 1 N–H and O–H groups in total. The number of nitro groups is 1. The summed E-state index contributed by atoms with van der Waals surface area (Å²) in [6.45, 7) is 0. The number of rotatable bonds is 6. The number of nitro benzene ring substituents is 1. The van der Waals surface area contributed by atoms with Crippen LogP contribution in [0.1, 0.15) is 0 Å². The zero-order valence-electron chi connectivity index (χ0n) is 12.1. The highest BCUT2D eigenvalue weighted by Crippen LogP contribution is 2.30. The van der Waals surface area contributed by atoms with Crippen molar-refractivity contribution in [2.75, 3.05) is 18.2 Å². The maximum absolute atomic E-state index is 12.0. The van der Waals surface area contributed by atoms with Crippen LogP contribution in [0.15, 0.2) is 47.4 Å². The van der Waals surface area contributed by atoms with Crippen molar-refractivity contribution in [2.45, 2.75) is 4.90 Å². The van der Waals surface area contributed by atoms with E-state index in [9.17, 15) is 14.9 Å². The normalized spacial score (nSPS) is 10.2. The molecule has 0 saturated carbocycles. The Kier molecular flexibility index (Phi) is 5.84. The summed E-state index contributed by atoms with van der Waals surface area (Å²) >= 11 is 7.02. The van der Waals surface area contributed by atoms with E-state index in [2.05, 4.69) is 5.32 Å². The Balaban J connectivity index is 2.04. The van der Waals surface area contributed by atoms with Gasteiger partial charge in [0.15, 0.2) is 0 Å². The van der Waals surface area contributed by atoms with Crippen LogP contribution >= 0.6 is 23.4 Å². The molecule has 0 aliphatic carbocycles. The lowest BCUT2D eigenvalue weighted by Gasteiger charge is -2.08. The van der Waals surface area contributed by atoms with Crippen molar-refractivity contribution in [2.24, 2.45) is 0 Å². The fourth-order valence-electron chi connectivity index (χ4n) is 1.83. The Morgan fingerprint density at radius 1 is 1.35 bits per heavy atom. The van der Waals surface area contributed by atoms with Crippen molar-refractivity contribution in [3.8, 4) is 5.75 Å². The van der Waals surface area contributed by atoms with Crippen LogP contribution in [0, 0.1) is 10.1 Å². The van der Waals surface area contributed by atoms with Gasteiger partial charge in [-0.15, -0.1) is 11.8 Å². The highest BCUT2D eigenvalue weighted by atomic mass is 35.5. The minimum Gasteiger partial charge on any atom is -0.496 e.